The number of likely N-dealkylation sites (N-methyl/N-ethyl adjacent to an activating group) is 1. The molecule has 1 rings (SSSR count). The second-order valence-corrected chi connectivity index (χ2v) is 5.31. The zero-order valence-electron chi connectivity index (χ0n) is 12.1. The molecular formula is C15H25FN2. The molecule has 18 heavy (non-hydrogen) atoms. The molecule has 2 N–H and O–H groups in total. The van der Waals surface area contributed by atoms with Crippen LogP contribution < -0.4 is 5.73 Å². The lowest BCUT2D eigenvalue weighted by molar-refractivity contribution is 0.107. The smallest absolute Gasteiger partial charge is 0.126 e. The molecule has 0 aliphatic carbocycles. The van der Waals surface area contributed by atoms with Crippen LogP contribution in [0, 0.1) is 12.7 Å². The standard InChI is InChI=1S/C15H25FN2/c1-6-18(7-2)15(4,5)14(17)12-9-8-11(3)13(16)10-12/h8-10,14H,6-7,17H2,1-5H3. The van der Waals surface area contributed by atoms with E-state index in [4.69, 9.17) is 5.73 Å². The van der Waals surface area contributed by atoms with Crippen molar-refractivity contribution < 1.29 is 4.39 Å². The van der Waals surface area contributed by atoms with Crippen LogP contribution in [0.5, 0.6) is 0 Å². The second-order valence-electron chi connectivity index (χ2n) is 5.31. The third-order valence-corrected chi connectivity index (χ3v) is 3.89. The van der Waals surface area contributed by atoms with Crippen molar-refractivity contribution in [2.75, 3.05) is 13.1 Å². The van der Waals surface area contributed by atoms with E-state index in [9.17, 15) is 4.39 Å². The average molecular weight is 252 g/mol. The summed E-state index contributed by atoms with van der Waals surface area (Å²) in [5, 5.41) is 0. The van der Waals surface area contributed by atoms with Gasteiger partial charge in [-0.15, -0.1) is 0 Å². The minimum absolute atomic E-state index is 0.182. The van der Waals surface area contributed by atoms with Gasteiger partial charge in [0, 0.05) is 11.6 Å². The van der Waals surface area contributed by atoms with Crippen molar-refractivity contribution in [3.8, 4) is 0 Å². The van der Waals surface area contributed by atoms with Gasteiger partial charge in [0.05, 0.1) is 0 Å². The first-order valence-electron chi connectivity index (χ1n) is 6.61. The predicted molar refractivity (Wildman–Crippen MR) is 75.1 cm³/mol. The lowest BCUT2D eigenvalue weighted by atomic mass is 9.87. The molecule has 0 aliphatic rings. The van der Waals surface area contributed by atoms with Crippen molar-refractivity contribution in [2.45, 2.75) is 46.2 Å². The Balaban J connectivity index is 3.04. The van der Waals surface area contributed by atoms with Crippen LogP contribution in [0.1, 0.15) is 44.9 Å². The van der Waals surface area contributed by atoms with Crippen molar-refractivity contribution >= 4 is 0 Å². The van der Waals surface area contributed by atoms with E-state index in [0.29, 0.717) is 5.56 Å². The number of benzene rings is 1. The van der Waals surface area contributed by atoms with Crippen LogP contribution in [0.25, 0.3) is 0 Å². The molecule has 0 spiro atoms. The first kappa shape index (κ1) is 15.1. The van der Waals surface area contributed by atoms with Gasteiger partial charge in [0.25, 0.3) is 0 Å². The molecule has 1 aromatic carbocycles. The Hall–Kier alpha value is -0.930. The summed E-state index contributed by atoms with van der Waals surface area (Å²) in [6, 6.07) is 5.08. The Morgan fingerprint density at radius 3 is 2.28 bits per heavy atom. The third kappa shape index (κ3) is 2.90. The summed E-state index contributed by atoms with van der Waals surface area (Å²) in [5.74, 6) is -0.182. The fourth-order valence-corrected chi connectivity index (χ4v) is 2.45. The topological polar surface area (TPSA) is 29.3 Å². The van der Waals surface area contributed by atoms with E-state index in [2.05, 4.69) is 32.6 Å². The minimum Gasteiger partial charge on any atom is -0.322 e. The summed E-state index contributed by atoms with van der Waals surface area (Å²) in [4.78, 5) is 2.30. The summed E-state index contributed by atoms with van der Waals surface area (Å²) in [5.41, 5.74) is 7.66. The Kier molecular flexibility index (Phi) is 4.88. The summed E-state index contributed by atoms with van der Waals surface area (Å²) >= 11 is 0. The third-order valence-electron chi connectivity index (χ3n) is 3.89. The molecule has 0 saturated carbocycles. The SMILES string of the molecule is CCN(CC)C(C)(C)C(N)c1ccc(C)c(F)c1. The van der Waals surface area contributed by atoms with Crippen molar-refractivity contribution in [1.29, 1.82) is 0 Å². The highest BCUT2D eigenvalue weighted by Gasteiger charge is 2.32. The molecule has 1 aromatic rings. The van der Waals surface area contributed by atoms with Gasteiger partial charge in [0.1, 0.15) is 5.82 Å². The van der Waals surface area contributed by atoms with Gasteiger partial charge in [-0.1, -0.05) is 26.0 Å². The monoisotopic (exact) mass is 252 g/mol. The van der Waals surface area contributed by atoms with E-state index in [-0.39, 0.29) is 17.4 Å². The van der Waals surface area contributed by atoms with Gasteiger partial charge in [-0.05, 0) is 51.1 Å². The maximum Gasteiger partial charge on any atom is 0.126 e. The first-order valence-corrected chi connectivity index (χ1v) is 6.61. The Labute approximate surface area is 110 Å². The molecule has 0 heterocycles. The van der Waals surface area contributed by atoms with Crippen LogP contribution in [-0.2, 0) is 0 Å². The van der Waals surface area contributed by atoms with Crippen LogP contribution in [0.4, 0.5) is 4.39 Å². The van der Waals surface area contributed by atoms with Crippen molar-refractivity contribution in [1.82, 2.24) is 4.90 Å². The largest absolute Gasteiger partial charge is 0.322 e. The average Bonchev–Trinajstić information content (AvgIpc) is 2.33. The maximum atomic E-state index is 13.6. The molecule has 0 amide bonds. The van der Waals surface area contributed by atoms with Gasteiger partial charge in [0.15, 0.2) is 0 Å². The molecule has 0 saturated heterocycles. The van der Waals surface area contributed by atoms with Crippen LogP contribution in [0.15, 0.2) is 18.2 Å². The highest BCUT2D eigenvalue weighted by atomic mass is 19.1. The molecule has 0 bridgehead atoms. The van der Waals surface area contributed by atoms with Gasteiger partial charge in [-0.2, -0.15) is 0 Å². The summed E-state index contributed by atoms with van der Waals surface area (Å²) in [6.45, 7) is 12.1. The zero-order valence-corrected chi connectivity index (χ0v) is 12.1. The number of hydrogen-bond acceptors (Lipinski definition) is 2. The minimum atomic E-state index is -0.201. The molecular weight excluding hydrogens is 227 g/mol. The fraction of sp³-hybridized carbons (Fsp3) is 0.600. The highest BCUT2D eigenvalue weighted by molar-refractivity contribution is 5.27. The molecule has 0 aromatic heterocycles. The summed E-state index contributed by atoms with van der Waals surface area (Å²) in [7, 11) is 0. The molecule has 0 fully saturated rings. The zero-order chi connectivity index (χ0) is 13.9. The van der Waals surface area contributed by atoms with E-state index >= 15 is 0 Å². The highest BCUT2D eigenvalue weighted by Crippen LogP contribution is 2.29. The maximum absolute atomic E-state index is 13.6. The van der Waals surface area contributed by atoms with Crippen LogP contribution >= 0.6 is 0 Å². The second kappa shape index (κ2) is 5.81. The van der Waals surface area contributed by atoms with E-state index in [1.165, 1.54) is 0 Å². The first-order chi connectivity index (χ1) is 8.34. The van der Waals surface area contributed by atoms with Gasteiger partial charge < -0.3 is 5.73 Å². The predicted octanol–water partition coefficient (Wildman–Crippen LogP) is 3.25. The normalized spacial score (nSPS) is 14.0. The molecule has 102 valence electrons. The lowest BCUT2D eigenvalue weighted by Crippen LogP contribution is -2.51. The number of nitrogens with zero attached hydrogens (tertiary/aromatic N) is 1. The van der Waals surface area contributed by atoms with Gasteiger partial charge in [-0.3, -0.25) is 4.90 Å². The van der Waals surface area contributed by atoms with E-state index in [1.54, 1.807) is 19.1 Å². The molecule has 3 heteroatoms. The van der Waals surface area contributed by atoms with Gasteiger partial charge in [0.2, 0.25) is 0 Å². The lowest BCUT2D eigenvalue weighted by Gasteiger charge is -2.42. The molecule has 1 atom stereocenters. The summed E-state index contributed by atoms with van der Waals surface area (Å²) in [6.07, 6.45) is 0. The fourth-order valence-electron chi connectivity index (χ4n) is 2.45. The Morgan fingerprint density at radius 1 is 1.28 bits per heavy atom. The van der Waals surface area contributed by atoms with Gasteiger partial charge >= 0.3 is 0 Å². The van der Waals surface area contributed by atoms with Crippen LogP contribution in [0.2, 0.25) is 0 Å². The van der Waals surface area contributed by atoms with Gasteiger partial charge in [-0.25, -0.2) is 4.39 Å². The number of aryl methyl sites for hydroxylation is 1. The molecule has 0 aliphatic heterocycles. The van der Waals surface area contributed by atoms with Crippen LogP contribution in [0.3, 0.4) is 0 Å². The number of halogens is 1. The number of nitrogens with two attached hydrogens (primary N) is 1. The van der Waals surface area contributed by atoms with Crippen molar-refractivity contribution in [3.05, 3.63) is 35.1 Å². The molecule has 1 unspecified atom stereocenters. The Morgan fingerprint density at radius 2 is 1.83 bits per heavy atom. The summed E-state index contributed by atoms with van der Waals surface area (Å²) < 4.78 is 13.6. The quantitative estimate of drug-likeness (QED) is 0.871. The Bertz CT molecular complexity index is 397. The van der Waals surface area contributed by atoms with Crippen molar-refractivity contribution in [3.63, 3.8) is 0 Å². The molecule has 2 nitrogen and oxygen atoms in total. The van der Waals surface area contributed by atoms with E-state index in [0.717, 1.165) is 18.7 Å². The molecule has 0 radical (unpaired) electrons. The van der Waals surface area contributed by atoms with Crippen molar-refractivity contribution in [2.24, 2.45) is 5.73 Å². The van der Waals surface area contributed by atoms with E-state index in [1.807, 2.05) is 6.07 Å². The number of hydrogen-bond donors (Lipinski definition) is 1. The number of rotatable bonds is 5. The van der Waals surface area contributed by atoms with E-state index < -0.39 is 0 Å². The van der Waals surface area contributed by atoms with Crippen LogP contribution in [-0.4, -0.2) is 23.5 Å².